The fourth-order valence-electron chi connectivity index (χ4n) is 1.39. The smallest absolute Gasteiger partial charge is 0.319 e. The molecule has 0 heterocycles. The Morgan fingerprint density at radius 2 is 1.90 bits per heavy atom. The van der Waals surface area contributed by atoms with E-state index in [1.807, 2.05) is 0 Å². The Labute approximate surface area is 127 Å². The van der Waals surface area contributed by atoms with Crippen LogP contribution in [0.1, 0.15) is 10.4 Å². The number of nitrogens with zero attached hydrogens (tertiary/aromatic N) is 1. The SMILES string of the molecule is CNC(=O)c1ccc(Cl)c(NC(=O)NCC(=O)N(C)C)c1. The molecule has 0 atom stereocenters. The molecule has 0 aliphatic carbocycles. The number of carbonyl (C=O) groups is 3. The van der Waals surface area contributed by atoms with E-state index in [-0.39, 0.29) is 29.1 Å². The van der Waals surface area contributed by atoms with Gasteiger partial charge in [-0.1, -0.05) is 11.6 Å². The number of hydrogen-bond donors (Lipinski definition) is 3. The molecule has 114 valence electrons. The molecule has 7 nitrogen and oxygen atoms in total. The molecule has 0 fully saturated rings. The molecule has 1 aromatic carbocycles. The molecule has 0 saturated carbocycles. The lowest BCUT2D eigenvalue weighted by Gasteiger charge is -2.12. The normalized spacial score (nSPS) is 9.71. The van der Waals surface area contributed by atoms with Crippen molar-refractivity contribution in [1.29, 1.82) is 0 Å². The summed E-state index contributed by atoms with van der Waals surface area (Å²) in [6, 6.07) is 3.92. The number of halogens is 1. The molecule has 0 radical (unpaired) electrons. The predicted octanol–water partition coefficient (Wildman–Crippen LogP) is 0.909. The van der Waals surface area contributed by atoms with Gasteiger partial charge in [-0.2, -0.15) is 0 Å². The monoisotopic (exact) mass is 312 g/mol. The third-order valence-corrected chi connectivity index (χ3v) is 2.93. The highest BCUT2D eigenvalue weighted by atomic mass is 35.5. The Morgan fingerprint density at radius 1 is 1.24 bits per heavy atom. The van der Waals surface area contributed by atoms with Gasteiger partial charge in [-0.05, 0) is 18.2 Å². The van der Waals surface area contributed by atoms with Crippen molar-refractivity contribution in [2.45, 2.75) is 0 Å². The lowest BCUT2D eigenvalue weighted by Crippen LogP contribution is -2.38. The highest BCUT2D eigenvalue weighted by molar-refractivity contribution is 6.33. The molecule has 21 heavy (non-hydrogen) atoms. The zero-order valence-electron chi connectivity index (χ0n) is 12.0. The van der Waals surface area contributed by atoms with Gasteiger partial charge >= 0.3 is 6.03 Å². The van der Waals surface area contributed by atoms with Gasteiger partial charge in [0, 0.05) is 26.7 Å². The molecule has 0 spiro atoms. The number of nitrogens with one attached hydrogen (secondary N) is 3. The Bertz CT molecular complexity index is 560. The first-order valence-electron chi connectivity index (χ1n) is 6.11. The zero-order chi connectivity index (χ0) is 16.0. The van der Waals surface area contributed by atoms with Crippen LogP contribution in [0.3, 0.4) is 0 Å². The average molecular weight is 313 g/mol. The second-order valence-corrected chi connectivity index (χ2v) is 4.78. The summed E-state index contributed by atoms with van der Waals surface area (Å²) in [4.78, 5) is 35.9. The first-order chi connectivity index (χ1) is 9.85. The lowest BCUT2D eigenvalue weighted by molar-refractivity contribution is -0.127. The molecule has 0 aromatic heterocycles. The molecule has 0 aliphatic heterocycles. The third-order valence-electron chi connectivity index (χ3n) is 2.60. The summed E-state index contributed by atoms with van der Waals surface area (Å²) in [5.41, 5.74) is 0.647. The molecule has 1 rings (SSSR count). The van der Waals surface area contributed by atoms with E-state index in [1.54, 1.807) is 20.2 Å². The second-order valence-electron chi connectivity index (χ2n) is 4.37. The van der Waals surface area contributed by atoms with Crippen LogP contribution in [0.5, 0.6) is 0 Å². The Balaban J connectivity index is 2.71. The maximum atomic E-state index is 11.7. The first kappa shape index (κ1) is 16.8. The van der Waals surface area contributed by atoms with Crippen LogP contribution in [-0.2, 0) is 4.79 Å². The quantitative estimate of drug-likeness (QED) is 0.772. The van der Waals surface area contributed by atoms with E-state index < -0.39 is 6.03 Å². The van der Waals surface area contributed by atoms with Gasteiger partial charge in [0.2, 0.25) is 5.91 Å². The van der Waals surface area contributed by atoms with Gasteiger partial charge in [0.15, 0.2) is 0 Å². The minimum Gasteiger partial charge on any atom is -0.355 e. The van der Waals surface area contributed by atoms with Crippen molar-refractivity contribution in [3.63, 3.8) is 0 Å². The van der Waals surface area contributed by atoms with Crippen molar-refractivity contribution >= 4 is 35.1 Å². The van der Waals surface area contributed by atoms with E-state index in [9.17, 15) is 14.4 Å². The number of hydrogen-bond acceptors (Lipinski definition) is 3. The molecule has 0 aliphatic rings. The Kier molecular flexibility index (Phi) is 5.98. The number of benzene rings is 1. The summed E-state index contributed by atoms with van der Waals surface area (Å²) in [5.74, 6) is -0.534. The highest BCUT2D eigenvalue weighted by Gasteiger charge is 2.11. The number of carbonyl (C=O) groups excluding carboxylic acids is 3. The first-order valence-corrected chi connectivity index (χ1v) is 6.49. The number of anilines is 1. The minimum atomic E-state index is -0.582. The van der Waals surface area contributed by atoms with Crippen LogP contribution in [0.25, 0.3) is 0 Å². The summed E-state index contributed by atoms with van der Waals surface area (Å²) in [6.45, 7) is -0.133. The van der Waals surface area contributed by atoms with Crippen molar-refractivity contribution < 1.29 is 14.4 Å². The molecular formula is C13H17ClN4O3. The van der Waals surface area contributed by atoms with Gasteiger partial charge in [-0.25, -0.2) is 4.79 Å². The largest absolute Gasteiger partial charge is 0.355 e. The third kappa shape index (κ3) is 4.96. The fraction of sp³-hybridized carbons (Fsp3) is 0.308. The maximum absolute atomic E-state index is 11.7. The van der Waals surface area contributed by atoms with Crippen LogP contribution < -0.4 is 16.0 Å². The van der Waals surface area contributed by atoms with E-state index in [4.69, 9.17) is 11.6 Å². The van der Waals surface area contributed by atoms with Crippen LogP contribution in [0.4, 0.5) is 10.5 Å². The van der Waals surface area contributed by atoms with Gasteiger partial charge < -0.3 is 20.9 Å². The van der Waals surface area contributed by atoms with Crippen LogP contribution >= 0.6 is 11.6 Å². The van der Waals surface area contributed by atoms with Crippen LogP contribution in [-0.4, -0.2) is 50.4 Å². The van der Waals surface area contributed by atoms with E-state index >= 15 is 0 Å². The summed E-state index contributed by atoms with van der Waals surface area (Å²) in [6.07, 6.45) is 0. The molecule has 1 aromatic rings. The van der Waals surface area contributed by atoms with E-state index in [0.717, 1.165) is 0 Å². The zero-order valence-corrected chi connectivity index (χ0v) is 12.7. The molecule has 3 N–H and O–H groups in total. The molecule has 0 unspecified atom stereocenters. The van der Waals surface area contributed by atoms with E-state index in [1.165, 1.54) is 24.1 Å². The average Bonchev–Trinajstić information content (AvgIpc) is 2.46. The Morgan fingerprint density at radius 3 is 2.48 bits per heavy atom. The second kappa shape index (κ2) is 7.49. The van der Waals surface area contributed by atoms with Gasteiger partial charge in [-0.15, -0.1) is 0 Å². The van der Waals surface area contributed by atoms with Crippen LogP contribution in [0, 0.1) is 0 Å². The van der Waals surface area contributed by atoms with Crippen molar-refractivity contribution in [2.24, 2.45) is 0 Å². The summed E-state index contributed by atoms with van der Waals surface area (Å²) >= 11 is 5.95. The molecule has 8 heteroatoms. The minimum absolute atomic E-state index is 0.133. The molecule has 4 amide bonds. The van der Waals surface area contributed by atoms with Crippen LogP contribution in [0.15, 0.2) is 18.2 Å². The Hall–Kier alpha value is -2.28. The molecular weight excluding hydrogens is 296 g/mol. The number of rotatable bonds is 4. The van der Waals surface area contributed by atoms with E-state index in [2.05, 4.69) is 16.0 Å². The van der Waals surface area contributed by atoms with Gasteiger partial charge in [0.25, 0.3) is 5.91 Å². The maximum Gasteiger partial charge on any atom is 0.319 e. The van der Waals surface area contributed by atoms with Crippen molar-refractivity contribution in [3.05, 3.63) is 28.8 Å². The standard InChI is InChI=1S/C13H17ClN4O3/c1-15-12(20)8-4-5-9(14)10(6-8)17-13(21)16-7-11(19)18(2)3/h4-6H,7H2,1-3H3,(H,15,20)(H2,16,17,21). The topological polar surface area (TPSA) is 90.5 Å². The summed E-state index contributed by atoms with van der Waals surface area (Å²) in [5, 5.41) is 7.65. The lowest BCUT2D eigenvalue weighted by atomic mass is 10.2. The summed E-state index contributed by atoms with van der Waals surface area (Å²) in [7, 11) is 4.68. The number of amides is 4. The van der Waals surface area contributed by atoms with Gasteiger partial charge in [0.05, 0.1) is 17.3 Å². The van der Waals surface area contributed by atoms with Crippen molar-refractivity contribution in [2.75, 3.05) is 33.0 Å². The van der Waals surface area contributed by atoms with Crippen molar-refractivity contribution in [1.82, 2.24) is 15.5 Å². The van der Waals surface area contributed by atoms with Gasteiger partial charge in [0.1, 0.15) is 0 Å². The van der Waals surface area contributed by atoms with Gasteiger partial charge in [-0.3, -0.25) is 9.59 Å². The van der Waals surface area contributed by atoms with E-state index in [0.29, 0.717) is 5.56 Å². The predicted molar refractivity (Wildman–Crippen MR) is 80.6 cm³/mol. The van der Waals surface area contributed by atoms with Crippen molar-refractivity contribution in [3.8, 4) is 0 Å². The number of urea groups is 1. The highest BCUT2D eigenvalue weighted by Crippen LogP contribution is 2.22. The fourth-order valence-corrected chi connectivity index (χ4v) is 1.55. The molecule has 0 bridgehead atoms. The van der Waals surface area contributed by atoms with Crippen LogP contribution in [0.2, 0.25) is 5.02 Å². The molecule has 0 saturated heterocycles. The summed E-state index contributed by atoms with van der Waals surface area (Å²) < 4.78 is 0. The number of likely N-dealkylation sites (N-methyl/N-ethyl adjacent to an activating group) is 1.